The number of benzene rings is 1. The van der Waals surface area contributed by atoms with E-state index in [1.165, 1.54) is 11.3 Å². The van der Waals surface area contributed by atoms with Gasteiger partial charge in [0.05, 0.1) is 5.69 Å². The predicted octanol–water partition coefficient (Wildman–Crippen LogP) is 3.10. The average molecular weight is 306 g/mol. The van der Waals surface area contributed by atoms with Crippen LogP contribution in [0.2, 0.25) is 0 Å². The topological polar surface area (TPSA) is 71.5 Å². The van der Waals surface area contributed by atoms with Crippen LogP contribution in [0.5, 0.6) is 0 Å². The molecule has 1 atom stereocenters. The lowest BCUT2D eigenvalue weighted by molar-refractivity contribution is -0.138. The Labute approximate surface area is 127 Å². The Balaban J connectivity index is 2.01. The van der Waals surface area contributed by atoms with E-state index >= 15 is 0 Å². The molecule has 6 heteroatoms. The van der Waals surface area contributed by atoms with Crippen molar-refractivity contribution in [3.05, 3.63) is 35.7 Å². The van der Waals surface area contributed by atoms with Crippen molar-refractivity contribution in [2.75, 3.05) is 19.0 Å². The Bertz CT molecular complexity index is 571. The number of nitrogens with zero attached hydrogens (tertiary/aromatic N) is 1. The van der Waals surface area contributed by atoms with Gasteiger partial charge in [-0.25, -0.2) is 9.78 Å². The second-order valence-corrected chi connectivity index (χ2v) is 5.43. The molecule has 0 aliphatic heterocycles. The Morgan fingerprint density at radius 3 is 2.86 bits per heavy atom. The lowest BCUT2D eigenvalue weighted by Gasteiger charge is -2.13. The molecule has 0 saturated heterocycles. The van der Waals surface area contributed by atoms with E-state index in [4.69, 9.17) is 4.74 Å². The number of carbonyl (C=O) groups is 1. The van der Waals surface area contributed by atoms with E-state index in [1.807, 2.05) is 35.7 Å². The van der Waals surface area contributed by atoms with E-state index in [9.17, 15) is 9.90 Å². The van der Waals surface area contributed by atoms with E-state index in [-0.39, 0.29) is 0 Å². The van der Waals surface area contributed by atoms with Crippen LogP contribution in [-0.2, 0) is 9.53 Å². The molecule has 0 spiro atoms. The number of methoxy groups -OCH3 is 1. The summed E-state index contributed by atoms with van der Waals surface area (Å²) in [4.78, 5) is 15.7. The molecule has 2 aromatic rings. The zero-order chi connectivity index (χ0) is 15.1. The van der Waals surface area contributed by atoms with E-state index in [2.05, 4.69) is 10.3 Å². The van der Waals surface area contributed by atoms with Gasteiger partial charge in [-0.15, -0.1) is 11.3 Å². The first-order valence-electron chi connectivity index (χ1n) is 6.70. The van der Waals surface area contributed by atoms with Gasteiger partial charge in [0.1, 0.15) is 6.04 Å². The maximum atomic E-state index is 11.2. The van der Waals surface area contributed by atoms with Crippen molar-refractivity contribution in [1.82, 2.24) is 4.98 Å². The third-order valence-electron chi connectivity index (χ3n) is 3.01. The molecule has 0 aliphatic carbocycles. The minimum Gasteiger partial charge on any atom is -0.480 e. The lowest BCUT2D eigenvalue weighted by atomic mass is 10.1. The fourth-order valence-electron chi connectivity index (χ4n) is 1.92. The van der Waals surface area contributed by atoms with Crippen LogP contribution in [0.25, 0.3) is 11.3 Å². The highest BCUT2D eigenvalue weighted by molar-refractivity contribution is 7.14. The fourth-order valence-corrected chi connectivity index (χ4v) is 2.69. The largest absolute Gasteiger partial charge is 0.480 e. The Hall–Kier alpha value is -1.92. The smallest absolute Gasteiger partial charge is 0.326 e. The molecule has 1 heterocycles. The van der Waals surface area contributed by atoms with Gasteiger partial charge in [0.2, 0.25) is 0 Å². The molecule has 2 rings (SSSR count). The number of carboxylic acids is 1. The first-order chi connectivity index (χ1) is 10.2. The minimum absolute atomic E-state index is 0.503. The molecule has 1 aromatic heterocycles. The quantitative estimate of drug-likeness (QED) is 0.733. The average Bonchev–Trinajstić information content (AvgIpc) is 2.96. The second kappa shape index (κ2) is 7.75. The van der Waals surface area contributed by atoms with Gasteiger partial charge < -0.3 is 15.2 Å². The highest BCUT2D eigenvalue weighted by atomic mass is 32.1. The summed E-state index contributed by atoms with van der Waals surface area (Å²) >= 11 is 1.41. The third-order valence-corrected chi connectivity index (χ3v) is 3.78. The van der Waals surface area contributed by atoms with Gasteiger partial charge in [-0.2, -0.15) is 0 Å². The number of ether oxygens (including phenoxy) is 1. The molecule has 1 aromatic carbocycles. The Kier molecular flexibility index (Phi) is 5.71. The van der Waals surface area contributed by atoms with Crippen molar-refractivity contribution in [3.8, 4) is 11.3 Å². The number of aliphatic carboxylic acids is 1. The fraction of sp³-hybridized carbons (Fsp3) is 0.333. The van der Waals surface area contributed by atoms with Gasteiger partial charge >= 0.3 is 5.97 Å². The minimum atomic E-state index is -0.873. The maximum absolute atomic E-state index is 11.2. The van der Waals surface area contributed by atoms with Gasteiger partial charge in [0.25, 0.3) is 0 Å². The van der Waals surface area contributed by atoms with Crippen LogP contribution < -0.4 is 5.32 Å². The summed E-state index contributed by atoms with van der Waals surface area (Å²) in [5.41, 5.74) is 1.87. The SMILES string of the molecule is COCCCC(Nc1nc(-c2ccccc2)cs1)C(=O)O. The predicted molar refractivity (Wildman–Crippen MR) is 83.7 cm³/mol. The molecule has 0 bridgehead atoms. The van der Waals surface area contributed by atoms with E-state index in [0.717, 1.165) is 11.3 Å². The molecular weight excluding hydrogens is 288 g/mol. The summed E-state index contributed by atoms with van der Waals surface area (Å²) in [6, 6.07) is 9.16. The van der Waals surface area contributed by atoms with Crippen LogP contribution in [0.15, 0.2) is 35.7 Å². The highest BCUT2D eigenvalue weighted by Gasteiger charge is 2.18. The van der Waals surface area contributed by atoms with Gasteiger partial charge in [-0.05, 0) is 12.8 Å². The third kappa shape index (κ3) is 4.54. The summed E-state index contributed by atoms with van der Waals surface area (Å²) < 4.78 is 4.95. The van der Waals surface area contributed by atoms with Crippen LogP contribution in [0, 0.1) is 0 Å². The second-order valence-electron chi connectivity index (χ2n) is 4.57. The van der Waals surface area contributed by atoms with Crippen LogP contribution in [0.1, 0.15) is 12.8 Å². The lowest BCUT2D eigenvalue weighted by Crippen LogP contribution is -2.29. The zero-order valence-corrected chi connectivity index (χ0v) is 12.6. The van der Waals surface area contributed by atoms with Crippen molar-refractivity contribution in [1.29, 1.82) is 0 Å². The monoisotopic (exact) mass is 306 g/mol. The summed E-state index contributed by atoms with van der Waals surface area (Å²) in [5.74, 6) is -0.873. The van der Waals surface area contributed by atoms with Gasteiger partial charge in [0.15, 0.2) is 5.13 Å². The summed E-state index contributed by atoms with van der Waals surface area (Å²) in [7, 11) is 1.61. The number of thiazole rings is 1. The molecule has 0 aliphatic rings. The number of hydrogen-bond acceptors (Lipinski definition) is 5. The highest BCUT2D eigenvalue weighted by Crippen LogP contribution is 2.25. The number of anilines is 1. The number of carboxylic acid groups (broad SMARTS) is 1. The standard InChI is InChI=1S/C15H18N2O3S/c1-20-9-5-8-12(14(18)19)16-15-17-13(10-21-15)11-6-3-2-4-7-11/h2-4,6-7,10,12H,5,8-9H2,1H3,(H,16,17)(H,18,19). The van der Waals surface area contributed by atoms with Crippen LogP contribution >= 0.6 is 11.3 Å². The van der Waals surface area contributed by atoms with E-state index in [1.54, 1.807) is 7.11 Å². The molecule has 0 radical (unpaired) electrons. The summed E-state index contributed by atoms with van der Waals surface area (Å²) in [6.07, 6.45) is 1.20. The number of hydrogen-bond donors (Lipinski definition) is 2. The molecule has 1 unspecified atom stereocenters. The van der Waals surface area contributed by atoms with E-state index in [0.29, 0.717) is 24.6 Å². The molecule has 112 valence electrons. The van der Waals surface area contributed by atoms with Crippen molar-refractivity contribution >= 4 is 22.4 Å². The normalized spacial score (nSPS) is 12.0. The van der Waals surface area contributed by atoms with Crippen molar-refractivity contribution in [3.63, 3.8) is 0 Å². The molecule has 0 amide bonds. The Morgan fingerprint density at radius 2 is 2.19 bits per heavy atom. The molecular formula is C15H18N2O3S. The van der Waals surface area contributed by atoms with Crippen molar-refractivity contribution in [2.24, 2.45) is 0 Å². The molecule has 21 heavy (non-hydrogen) atoms. The zero-order valence-electron chi connectivity index (χ0n) is 11.8. The summed E-state index contributed by atoms with van der Waals surface area (Å²) in [5, 5.41) is 14.8. The first kappa shape index (κ1) is 15.5. The van der Waals surface area contributed by atoms with Crippen LogP contribution in [0.3, 0.4) is 0 Å². The molecule has 5 nitrogen and oxygen atoms in total. The molecule has 2 N–H and O–H groups in total. The van der Waals surface area contributed by atoms with Crippen molar-refractivity contribution < 1.29 is 14.6 Å². The maximum Gasteiger partial charge on any atom is 0.326 e. The van der Waals surface area contributed by atoms with Gasteiger partial charge in [0, 0.05) is 24.7 Å². The van der Waals surface area contributed by atoms with E-state index < -0.39 is 12.0 Å². The van der Waals surface area contributed by atoms with Gasteiger partial charge in [-0.3, -0.25) is 0 Å². The molecule has 0 saturated carbocycles. The van der Waals surface area contributed by atoms with Crippen LogP contribution in [-0.4, -0.2) is 35.8 Å². The number of rotatable bonds is 8. The number of nitrogens with one attached hydrogen (secondary N) is 1. The van der Waals surface area contributed by atoms with Crippen molar-refractivity contribution in [2.45, 2.75) is 18.9 Å². The van der Waals surface area contributed by atoms with Crippen LogP contribution in [0.4, 0.5) is 5.13 Å². The Morgan fingerprint density at radius 1 is 1.43 bits per heavy atom. The molecule has 0 fully saturated rings. The summed E-state index contributed by atoms with van der Waals surface area (Å²) in [6.45, 7) is 0.554. The van der Waals surface area contributed by atoms with Gasteiger partial charge in [-0.1, -0.05) is 30.3 Å². The first-order valence-corrected chi connectivity index (χ1v) is 7.58. The number of aromatic nitrogens is 1.